The van der Waals surface area contributed by atoms with Gasteiger partial charge in [-0.15, -0.1) is 0 Å². The maximum Gasteiger partial charge on any atom is 0.243 e. The van der Waals surface area contributed by atoms with Crippen molar-refractivity contribution in [1.29, 1.82) is 0 Å². The van der Waals surface area contributed by atoms with Crippen molar-refractivity contribution in [1.82, 2.24) is 9.21 Å². The van der Waals surface area contributed by atoms with Crippen LogP contribution in [0.3, 0.4) is 0 Å². The average molecular weight is 358 g/mol. The van der Waals surface area contributed by atoms with Crippen LogP contribution in [0.5, 0.6) is 0 Å². The molecule has 0 spiro atoms. The molecule has 1 heterocycles. The molecule has 0 aromatic heterocycles. The molecule has 7 nitrogen and oxygen atoms in total. The van der Waals surface area contributed by atoms with Crippen molar-refractivity contribution in [2.45, 2.75) is 36.5 Å². The van der Waals surface area contributed by atoms with Crippen LogP contribution in [0.4, 0.5) is 0 Å². The van der Waals surface area contributed by atoms with E-state index < -0.39 is 21.7 Å². The minimum atomic E-state index is -3.77. The van der Waals surface area contributed by atoms with Gasteiger partial charge >= 0.3 is 0 Å². The van der Waals surface area contributed by atoms with Crippen molar-refractivity contribution >= 4 is 10.0 Å². The molecule has 0 radical (unpaired) electrons. The van der Waals surface area contributed by atoms with Gasteiger partial charge in [-0.3, -0.25) is 4.90 Å². The number of hydrogen-bond donors (Lipinski definition) is 3. The summed E-state index contributed by atoms with van der Waals surface area (Å²) in [4.78, 5) is 1.96. The molecule has 2 atom stereocenters. The summed E-state index contributed by atoms with van der Waals surface area (Å²) in [6.07, 6.45) is -1.18. The Morgan fingerprint density at radius 2 is 1.96 bits per heavy atom. The fraction of sp³-hybridized carbons (Fsp3) is 0.625. The van der Waals surface area contributed by atoms with Crippen LogP contribution in [0.2, 0.25) is 0 Å². The normalized spacial score (nSPS) is 25.7. The molecule has 0 amide bonds. The molecule has 1 fully saturated rings. The smallest absolute Gasteiger partial charge is 0.243 e. The second kappa shape index (κ2) is 7.47. The first kappa shape index (κ1) is 19.3. The summed E-state index contributed by atoms with van der Waals surface area (Å²) in [6.45, 7) is 3.86. The minimum absolute atomic E-state index is 0.0492. The van der Waals surface area contributed by atoms with Crippen LogP contribution in [-0.4, -0.2) is 83.5 Å². The quantitative estimate of drug-likeness (QED) is 0.607. The maximum absolute atomic E-state index is 12.7. The van der Waals surface area contributed by atoms with E-state index in [9.17, 15) is 18.6 Å². The van der Waals surface area contributed by atoms with Crippen molar-refractivity contribution in [3.63, 3.8) is 0 Å². The minimum Gasteiger partial charge on any atom is -0.395 e. The molecule has 3 N–H and O–H groups in total. The summed E-state index contributed by atoms with van der Waals surface area (Å²) in [5, 5.41) is 30.2. The van der Waals surface area contributed by atoms with Crippen molar-refractivity contribution in [3.05, 3.63) is 30.3 Å². The molecule has 1 aliphatic rings. The number of aliphatic hydroxyl groups is 3. The van der Waals surface area contributed by atoms with Crippen LogP contribution in [0.15, 0.2) is 35.2 Å². The van der Waals surface area contributed by atoms with Gasteiger partial charge in [0.1, 0.15) is 5.60 Å². The zero-order chi connectivity index (χ0) is 18.0. The number of β-amino-alcohol motifs (C(OH)–C–C–N with tert-alkyl or cyclic N) is 2. The molecule has 1 aromatic carbocycles. The third kappa shape index (κ3) is 3.96. The Kier molecular flexibility index (Phi) is 6.00. The highest BCUT2D eigenvalue weighted by Crippen LogP contribution is 2.28. The zero-order valence-corrected chi connectivity index (χ0v) is 14.9. The number of hydrogen-bond acceptors (Lipinski definition) is 6. The summed E-state index contributed by atoms with van der Waals surface area (Å²) < 4.78 is 26.4. The van der Waals surface area contributed by atoms with Gasteiger partial charge in [0.15, 0.2) is 0 Å². The molecule has 1 aromatic rings. The van der Waals surface area contributed by atoms with Gasteiger partial charge < -0.3 is 15.3 Å². The van der Waals surface area contributed by atoms with E-state index in [1.807, 2.05) is 18.7 Å². The number of nitrogens with zero attached hydrogens (tertiary/aromatic N) is 2. The summed E-state index contributed by atoms with van der Waals surface area (Å²) in [6, 6.07) is 8.02. The van der Waals surface area contributed by atoms with Gasteiger partial charge in [-0.05, 0) is 26.0 Å². The van der Waals surface area contributed by atoms with Gasteiger partial charge in [0, 0.05) is 32.2 Å². The maximum atomic E-state index is 12.7. The summed E-state index contributed by atoms with van der Waals surface area (Å²) >= 11 is 0. The summed E-state index contributed by atoms with van der Waals surface area (Å²) in [5.74, 6) is 0. The number of benzene rings is 1. The molecule has 24 heavy (non-hydrogen) atoms. The lowest BCUT2D eigenvalue weighted by Crippen LogP contribution is -2.53. The van der Waals surface area contributed by atoms with E-state index in [1.54, 1.807) is 18.2 Å². The molecule has 0 unspecified atom stereocenters. The Morgan fingerprint density at radius 3 is 2.50 bits per heavy atom. The first-order chi connectivity index (χ1) is 11.2. The van der Waals surface area contributed by atoms with Crippen LogP contribution < -0.4 is 0 Å². The third-order valence-corrected chi connectivity index (χ3v) is 6.25. The van der Waals surface area contributed by atoms with E-state index in [2.05, 4.69) is 0 Å². The summed E-state index contributed by atoms with van der Waals surface area (Å²) in [5.41, 5.74) is -1.57. The number of aliphatic hydroxyl groups excluding tert-OH is 2. The molecule has 0 saturated carbocycles. The predicted molar refractivity (Wildman–Crippen MR) is 90.0 cm³/mol. The van der Waals surface area contributed by atoms with Crippen LogP contribution in [0, 0.1) is 0 Å². The second-order valence-electron chi connectivity index (χ2n) is 6.52. The van der Waals surface area contributed by atoms with Gasteiger partial charge in [-0.1, -0.05) is 18.2 Å². The fourth-order valence-electron chi connectivity index (χ4n) is 2.92. The molecule has 0 aliphatic carbocycles. The van der Waals surface area contributed by atoms with Crippen molar-refractivity contribution in [3.8, 4) is 0 Å². The first-order valence-electron chi connectivity index (χ1n) is 8.01. The van der Waals surface area contributed by atoms with Gasteiger partial charge in [0.25, 0.3) is 0 Å². The second-order valence-corrected chi connectivity index (χ2v) is 8.46. The lowest BCUT2D eigenvalue weighted by Gasteiger charge is -2.35. The Balaban J connectivity index is 2.19. The van der Waals surface area contributed by atoms with Gasteiger partial charge in [-0.2, -0.15) is 4.31 Å². The van der Waals surface area contributed by atoms with E-state index >= 15 is 0 Å². The van der Waals surface area contributed by atoms with Crippen molar-refractivity contribution in [2.24, 2.45) is 0 Å². The van der Waals surface area contributed by atoms with E-state index in [0.717, 1.165) is 4.31 Å². The first-order valence-corrected chi connectivity index (χ1v) is 9.45. The lowest BCUT2D eigenvalue weighted by atomic mass is 9.99. The molecular weight excluding hydrogens is 332 g/mol. The van der Waals surface area contributed by atoms with E-state index in [-0.39, 0.29) is 37.2 Å². The standard InChI is InChI=1S/C16H26N2O5S/c1-13(2)17(8-9-19)11-16(21)12-18(10-15(16)20)24(22,23)14-6-4-3-5-7-14/h3-7,13,15,19-21H,8-12H2,1-2H3/t15-,16+/m1/s1. The average Bonchev–Trinajstić information content (AvgIpc) is 2.84. The van der Waals surface area contributed by atoms with Crippen molar-refractivity contribution < 1.29 is 23.7 Å². The molecule has 0 bridgehead atoms. The Hall–Kier alpha value is -1.03. The monoisotopic (exact) mass is 358 g/mol. The third-order valence-electron chi connectivity index (χ3n) is 4.42. The van der Waals surface area contributed by atoms with Crippen LogP contribution >= 0.6 is 0 Å². The lowest BCUT2D eigenvalue weighted by molar-refractivity contribution is -0.0673. The van der Waals surface area contributed by atoms with Gasteiger partial charge in [0.2, 0.25) is 10.0 Å². The van der Waals surface area contributed by atoms with Crippen LogP contribution in [0.25, 0.3) is 0 Å². The number of sulfonamides is 1. The van der Waals surface area contributed by atoms with Crippen LogP contribution in [-0.2, 0) is 10.0 Å². The summed E-state index contributed by atoms with van der Waals surface area (Å²) in [7, 11) is -3.77. The number of rotatable bonds is 7. The molecular formula is C16H26N2O5S. The molecule has 1 saturated heterocycles. The van der Waals surface area contributed by atoms with E-state index in [4.69, 9.17) is 5.11 Å². The largest absolute Gasteiger partial charge is 0.395 e. The Morgan fingerprint density at radius 1 is 1.33 bits per heavy atom. The van der Waals surface area contributed by atoms with E-state index in [0.29, 0.717) is 6.54 Å². The molecule has 2 rings (SSSR count). The molecule has 136 valence electrons. The highest BCUT2D eigenvalue weighted by Gasteiger charge is 2.49. The van der Waals surface area contributed by atoms with E-state index in [1.165, 1.54) is 12.1 Å². The van der Waals surface area contributed by atoms with Crippen molar-refractivity contribution in [2.75, 3.05) is 32.8 Å². The zero-order valence-electron chi connectivity index (χ0n) is 14.0. The highest BCUT2D eigenvalue weighted by atomic mass is 32.2. The fourth-order valence-corrected chi connectivity index (χ4v) is 4.45. The van der Waals surface area contributed by atoms with Gasteiger partial charge in [-0.25, -0.2) is 8.42 Å². The molecule has 1 aliphatic heterocycles. The SMILES string of the molecule is CC(C)N(CCO)C[C@]1(O)CN(S(=O)(=O)c2ccccc2)C[C@H]1O. The molecule has 8 heteroatoms. The predicted octanol–water partition coefficient (Wildman–Crippen LogP) is -0.514. The Bertz CT molecular complexity index is 637. The highest BCUT2D eigenvalue weighted by molar-refractivity contribution is 7.89. The van der Waals surface area contributed by atoms with Crippen LogP contribution in [0.1, 0.15) is 13.8 Å². The topological polar surface area (TPSA) is 101 Å². The Labute approximate surface area is 143 Å². The van der Waals surface area contributed by atoms with Gasteiger partial charge in [0.05, 0.1) is 17.6 Å².